The summed E-state index contributed by atoms with van der Waals surface area (Å²) in [6, 6.07) is 10.7. The molecule has 0 aliphatic rings. The Bertz CT molecular complexity index is 329. The van der Waals surface area contributed by atoms with Crippen LogP contribution in [0.1, 0.15) is 18.9 Å². The van der Waals surface area contributed by atoms with Gasteiger partial charge in [-0.1, -0.05) is 37.3 Å². The van der Waals surface area contributed by atoms with Gasteiger partial charge in [0.2, 0.25) is 0 Å². The summed E-state index contributed by atoms with van der Waals surface area (Å²) in [6.45, 7) is 5.88. The Hall–Kier alpha value is -0.900. The van der Waals surface area contributed by atoms with Crippen molar-refractivity contribution in [2.75, 3.05) is 40.5 Å². The second kappa shape index (κ2) is 10.8. The molecule has 2 unspecified atom stereocenters. The van der Waals surface area contributed by atoms with E-state index in [1.807, 2.05) is 0 Å². The van der Waals surface area contributed by atoms with Gasteiger partial charge in [0.25, 0.3) is 0 Å². The second-order valence-corrected chi connectivity index (χ2v) is 5.41. The van der Waals surface area contributed by atoms with Gasteiger partial charge in [-0.05, 0) is 36.8 Å². The molecule has 0 radical (unpaired) electrons. The lowest BCUT2D eigenvalue weighted by Crippen LogP contribution is -2.31. The van der Waals surface area contributed by atoms with Crippen LogP contribution in [0.5, 0.6) is 0 Å². The quantitative estimate of drug-likeness (QED) is 0.632. The molecule has 114 valence electrons. The van der Waals surface area contributed by atoms with Gasteiger partial charge in [0.15, 0.2) is 0 Å². The average molecular weight is 279 g/mol. The fourth-order valence-corrected chi connectivity index (χ4v) is 2.39. The fraction of sp³-hybridized carbons (Fsp3) is 0.647. The van der Waals surface area contributed by atoms with Crippen LogP contribution in [0, 0.1) is 11.8 Å². The molecule has 0 heterocycles. The average Bonchev–Trinajstić information content (AvgIpc) is 2.49. The van der Waals surface area contributed by atoms with Crippen molar-refractivity contribution >= 4 is 0 Å². The Labute approximate surface area is 123 Å². The summed E-state index contributed by atoms with van der Waals surface area (Å²) < 4.78 is 10.3. The van der Waals surface area contributed by atoms with Crippen molar-refractivity contribution in [1.29, 1.82) is 0 Å². The third-order valence-electron chi connectivity index (χ3n) is 3.81. The first-order valence-electron chi connectivity index (χ1n) is 7.50. The van der Waals surface area contributed by atoms with E-state index < -0.39 is 0 Å². The van der Waals surface area contributed by atoms with Gasteiger partial charge in [0, 0.05) is 27.4 Å². The molecular weight excluding hydrogens is 250 g/mol. The lowest BCUT2D eigenvalue weighted by Gasteiger charge is -2.24. The molecular formula is C17H29NO2. The van der Waals surface area contributed by atoms with E-state index in [1.165, 1.54) is 5.56 Å². The van der Waals surface area contributed by atoms with Crippen molar-refractivity contribution in [3.05, 3.63) is 35.9 Å². The molecule has 0 spiro atoms. The van der Waals surface area contributed by atoms with Gasteiger partial charge in [0.1, 0.15) is 0 Å². The first kappa shape index (κ1) is 17.2. The molecule has 20 heavy (non-hydrogen) atoms. The number of benzene rings is 1. The minimum absolute atomic E-state index is 0.629. The van der Waals surface area contributed by atoms with Crippen LogP contribution in [-0.2, 0) is 15.9 Å². The standard InChI is InChI=1S/C17H29NO2/c1-15(9-11-19-2)17(14-18-10-12-20-3)13-16-7-5-4-6-8-16/h4-8,15,17-18H,9-14H2,1-3H3. The van der Waals surface area contributed by atoms with Gasteiger partial charge in [-0.3, -0.25) is 0 Å². The normalized spacial score (nSPS) is 14.2. The fourth-order valence-electron chi connectivity index (χ4n) is 2.39. The number of hydrogen-bond donors (Lipinski definition) is 1. The highest BCUT2D eigenvalue weighted by molar-refractivity contribution is 5.15. The number of hydrogen-bond acceptors (Lipinski definition) is 3. The zero-order valence-electron chi connectivity index (χ0n) is 13.1. The molecule has 0 saturated heterocycles. The minimum atomic E-state index is 0.629. The summed E-state index contributed by atoms with van der Waals surface area (Å²) in [5, 5.41) is 3.50. The molecule has 0 amide bonds. The van der Waals surface area contributed by atoms with Gasteiger partial charge in [0.05, 0.1) is 6.61 Å². The second-order valence-electron chi connectivity index (χ2n) is 5.41. The van der Waals surface area contributed by atoms with Crippen LogP contribution in [0.15, 0.2) is 30.3 Å². The molecule has 0 aromatic heterocycles. The molecule has 0 aliphatic heterocycles. The first-order chi connectivity index (χ1) is 9.77. The molecule has 0 bridgehead atoms. The van der Waals surface area contributed by atoms with E-state index in [1.54, 1.807) is 14.2 Å². The molecule has 3 heteroatoms. The molecule has 1 rings (SSSR count). The van der Waals surface area contributed by atoms with Gasteiger partial charge >= 0.3 is 0 Å². The van der Waals surface area contributed by atoms with Crippen molar-refractivity contribution in [2.24, 2.45) is 11.8 Å². The summed E-state index contributed by atoms with van der Waals surface area (Å²) >= 11 is 0. The van der Waals surface area contributed by atoms with Gasteiger partial charge in [-0.15, -0.1) is 0 Å². The van der Waals surface area contributed by atoms with Crippen molar-refractivity contribution < 1.29 is 9.47 Å². The Kier molecular flexibility index (Phi) is 9.29. The van der Waals surface area contributed by atoms with E-state index in [9.17, 15) is 0 Å². The van der Waals surface area contributed by atoms with Crippen LogP contribution in [0.25, 0.3) is 0 Å². The molecule has 0 aliphatic carbocycles. The Morgan fingerprint density at radius 1 is 1.05 bits per heavy atom. The molecule has 3 nitrogen and oxygen atoms in total. The van der Waals surface area contributed by atoms with E-state index in [-0.39, 0.29) is 0 Å². The van der Waals surface area contributed by atoms with Crippen LogP contribution in [0.4, 0.5) is 0 Å². The van der Waals surface area contributed by atoms with Crippen LogP contribution >= 0.6 is 0 Å². The molecule has 2 atom stereocenters. The zero-order chi connectivity index (χ0) is 14.6. The molecule has 0 saturated carbocycles. The Morgan fingerprint density at radius 2 is 1.75 bits per heavy atom. The summed E-state index contributed by atoms with van der Waals surface area (Å²) in [6.07, 6.45) is 2.23. The summed E-state index contributed by atoms with van der Waals surface area (Å²) in [4.78, 5) is 0. The summed E-state index contributed by atoms with van der Waals surface area (Å²) in [5.41, 5.74) is 1.41. The lowest BCUT2D eigenvalue weighted by molar-refractivity contribution is 0.161. The number of nitrogens with one attached hydrogen (secondary N) is 1. The van der Waals surface area contributed by atoms with E-state index in [0.29, 0.717) is 11.8 Å². The maximum absolute atomic E-state index is 5.22. The SMILES string of the molecule is COCCNCC(Cc1ccccc1)C(C)CCOC. The predicted molar refractivity (Wildman–Crippen MR) is 84.0 cm³/mol. The lowest BCUT2D eigenvalue weighted by atomic mass is 9.86. The van der Waals surface area contributed by atoms with Crippen LogP contribution in [-0.4, -0.2) is 40.5 Å². The van der Waals surface area contributed by atoms with Crippen LogP contribution in [0.3, 0.4) is 0 Å². The van der Waals surface area contributed by atoms with Crippen molar-refractivity contribution in [3.8, 4) is 0 Å². The number of methoxy groups -OCH3 is 2. The summed E-state index contributed by atoms with van der Waals surface area (Å²) in [5.74, 6) is 1.27. The highest BCUT2D eigenvalue weighted by atomic mass is 16.5. The van der Waals surface area contributed by atoms with E-state index in [4.69, 9.17) is 9.47 Å². The topological polar surface area (TPSA) is 30.5 Å². The smallest absolute Gasteiger partial charge is 0.0587 e. The maximum atomic E-state index is 5.22. The maximum Gasteiger partial charge on any atom is 0.0587 e. The monoisotopic (exact) mass is 279 g/mol. The molecule has 1 aromatic rings. The van der Waals surface area contributed by atoms with Gasteiger partial charge in [-0.2, -0.15) is 0 Å². The number of ether oxygens (including phenoxy) is 2. The predicted octanol–water partition coefficient (Wildman–Crippen LogP) is 2.75. The van der Waals surface area contributed by atoms with Crippen molar-refractivity contribution in [2.45, 2.75) is 19.8 Å². The van der Waals surface area contributed by atoms with Gasteiger partial charge in [-0.25, -0.2) is 0 Å². The molecule has 1 N–H and O–H groups in total. The van der Waals surface area contributed by atoms with Crippen LogP contribution in [0.2, 0.25) is 0 Å². The van der Waals surface area contributed by atoms with E-state index in [0.717, 1.165) is 39.1 Å². The highest BCUT2D eigenvalue weighted by Crippen LogP contribution is 2.20. The van der Waals surface area contributed by atoms with Gasteiger partial charge < -0.3 is 14.8 Å². The largest absolute Gasteiger partial charge is 0.385 e. The number of rotatable bonds is 11. The van der Waals surface area contributed by atoms with E-state index >= 15 is 0 Å². The zero-order valence-corrected chi connectivity index (χ0v) is 13.1. The van der Waals surface area contributed by atoms with Crippen molar-refractivity contribution in [1.82, 2.24) is 5.32 Å². The minimum Gasteiger partial charge on any atom is -0.385 e. The molecule has 1 aromatic carbocycles. The van der Waals surface area contributed by atoms with Crippen molar-refractivity contribution in [3.63, 3.8) is 0 Å². The third kappa shape index (κ3) is 7.04. The van der Waals surface area contributed by atoms with Crippen LogP contribution < -0.4 is 5.32 Å². The Balaban J connectivity index is 2.49. The van der Waals surface area contributed by atoms with E-state index in [2.05, 4.69) is 42.6 Å². The third-order valence-corrected chi connectivity index (χ3v) is 3.81. The Morgan fingerprint density at radius 3 is 2.40 bits per heavy atom. The first-order valence-corrected chi connectivity index (χ1v) is 7.50. The summed E-state index contributed by atoms with van der Waals surface area (Å²) in [7, 11) is 3.51. The highest BCUT2D eigenvalue weighted by Gasteiger charge is 2.17. The molecule has 0 fully saturated rings.